The number of amides is 1. The molecule has 1 saturated heterocycles. The zero-order valence-electron chi connectivity index (χ0n) is 8.28. The Labute approximate surface area is 92.0 Å². The van der Waals surface area contributed by atoms with Gasteiger partial charge in [-0.2, -0.15) is 11.8 Å². The number of thioether (sulfide) groups is 1. The van der Waals surface area contributed by atoms with Gasteiger partial charge < -0.3 is 15.7 Å². The van der Waals surface area contributed by atoms with E-state index in [1.165, 1.54) is 0 Å². The average molecular weight is 230 g/mol. The summed E-state index contributed by atoms with van der Waals surface area (Å²) in [6.07, 6.45) is 1.10. The van der Waals surface area contributed by atoms with Crippen molar-refractivity contribution in [2.75, 3.05) is 18.1 Å². The molecule has 1 amide bonds. The summed E-state index contributed by atoms with van der Waals surface area (Å²) in [5.41, 5.74) is -0.957. The molecule has 0 aromatic carbocycles. The smallest absolute Gasteiger partial charge is 0.329 e. The number of aliphatic carboxylic acids is 1. The summed E-state index contributed by atoms with van der Waals surface area (Å²) in [6.45, 7) is 0.808. The van der Waals surface area contributed by atoms with Crippen molar-refractivity contribution in [3.63, 3.8) is 0 Å². The molecule has 0 radical (unpaired) electrons. The van der Waals surface area contributed by atoms with Crippen LogP contribution in [-0.2, 0) is 9.59 Å². The van der Waals surface area contributed by atoms with Gasteiger partial charge in [-0.1, -0.05) is 0 Å². The molecule has 1 heterocycles. The molecule has 1 saturated carbocycles. The highest BCUT2D eigenvalue weighted by Crippen LogP contribution is 2.35. The number of carbonyl (C=O) groups excluding carboxylic acids is 1. The Balaban J connectivity index is 1.89. The Kier molecular flexibility index (Phi) is 2.88. The maximum absolute atomic E-state index is 11.7. The predicted molar refractivity (Wildman–Crippen MR) is 56.9 cm³/mol. The second kappa shape index (κ2) is 4.02. The number of nitrogens with one attached hydrogen (secondary N) is 2. The molecule has 5 nitrogen and oxygen atoms in total. The highest BCUT2D eigenvalue weighted by molar-refractivity contribution is 7.99. The van der Waals surface area contributed by atoms with Gasteiger partial charge in [0.1, 0.15) is 5.54 Å². The summed E-state index contributed by atoms with van der Waals surface area (Å²) in [7, 11) is 0. The molecule has 1 unspecified atom stereocenters. The maximum atomic E-state index is 11.7. The lowest BCUT2D eigenvalue weighted by molar-refractivity contribution is -0.143. The van der Waals surface area contributed by atoms with Crippen molar-refractivity contribution >= 4 is 23.6 Å². The molecule has 0 aromatic rings. The van der Waals surface area contributed by atoms with Crippen LogP contribution in [0.15, 0.2) is 0 Å². The fraction of sp³-hybridized carbons (Fsp3) is 0.778. The molecule has 6 heteroatoms. The molecule has 2 fully saturated rings. The molecule has 3 N–H and O–H groups in total. The summed E-state index contributed by atoms with van der Waals surface area (Å²) in [5.74, 6) is 0.636. The summed E-state index contributed by atoms with van der Waals surface area (Å²) < 4.78 is 0. The van der Waals surface area contributed by atoms with Gasteiger partial charge in [-0.05, 0) is 12.8 Å². The van der Waals surface area contributed by atoms with Gasteiger partial charge in [-0.15, -0.1) is 0 Å². The normalized spacial score (nSPS) is 28.1. The molecule has 0 bridgehead atoms. The first-order valence-corrected chi connectivity index (χ1v) is 6.16. The molecular weight excluding hydrogens is 216 g/mol. The first kappa shape index (κ1) is 10.8. The quantitative estimate of drug-likeness (QED) is 0.605. The molecule has 1 atom stereocenters. The van der Waals surface area contributed by atoms with Gasteiger partial charge in [-0.3, -0.25) is 4.79 Å². The van der Waals surface area contributed by atoms with Crippen molar-refractivity contribution in [3.8, 4) is 0 Å². The van der Waals surface area contributed by atoms with Crippen molar-refractivity contribution in [2.45, 2.75) is 24.4 Å². The minimum absolute atomic E-state index is 0.179. The molecule has 0 aromatic heterocycles. The van der Waals surface area contributed by atoms with Crippen LogP contribution in [0.25, 0.3) is 0 Å². The van der Waals surface area contributed by atoms with E-state index in [0.29, 0.717) is 12.8 Å². The van der Waals surface area contributed by atoms with Crippen molar-refractivity contribution in [1.82, 2.24) is 10.6 Å². The lowest BCUT2D eigenvalue weighted by Gasteiger charge is -2.24. The third-order valence-corrected chi connectivity index (χ3v) is 3.82. The van der Waals surface area contributed by atoms with E-state index in [-0.39, 0.29) is 11.9 Å². The molecule has 84 valence electrons. The van der Waals surface area contributed by atoms with Gasteiger partial charge in [-0.25, -0.2) is 4.79 Å². The minimum Gasteiger partial charge on any atom is -0.480 e. The molecular formula is C9H14N2O3S. The lowest BCUT2D eigenvalue weighted by Crippen LogP contribution is -2.54. The fourth-order valence-corrected chi connectivity index (χ4v) is 2.51. The molecule has 1 aliphatic carbocycles. The average Bonchev–Trinajstić information content (AvgIpc) is 3.00. The number of hydrogen-bond acceptors (Lipinski definition) is 4. The van der Waals surface area contributed by atoms with Gasteiger partial charge in [0.05, 0.1) is 6.04 Å². The lowest BCUT2D eigenvalue weighted by atomic mass is 10.2. The van der Waals surface area contributed by atoms with Gasteiger partial charge in [0.15, 0.2) is 0 Å². The van der Waals surface area contributed by atoms with Crippen LogP contribution < -0.4 is 10.6 Å². The van der Waals surface area contributed by atoms with E-state index in [2.05, 4.69) is 10.6 Å². The summed E-state index contributed by atoms with van der Waals surface area (Å²) in [6, 6.07) is -0.236. The molecule has 2 rings (SSSR count). The Bertz CT molecular complexity index is 285. The summed E-state index contributed by atoms with van der Waals surface area (Å²) in [5, 5.41) is 14.6. The largest absolute Gasteiger partial charge is 0.480 e. The number of rotatable bonds is 3. The molecule has 0 spiro atoms. The van der Waals surface area contributed by atoms with E-state index < -0.39 is 11.5 Å². The second-order valence-corrected chi connectivity index (χ2v) is 5.11. The summed E-state index contributed by atoms with van der Waals surface area (Å²) >= 11 is 1.72. The van der Waals surface area contributed by atoms with Gasteiger partial charge in [0, 0.05) is 18.1 Å². The highest BCUT2D eigenvalue weighted by Gasteiger charge is 2.52. The third kappa shape index (κ3) is 2.26. The van der Waals surface area contributed by atoms with E-state index in [1.54, 1.807) is 11.8 Å². The number of carboxylic acid groups (broad SMARTS) is 1. The first-order chi connectivity index (χ1) is 7.14. The van der Waals surface area contributed by atoms with Gasteiger partial charge in [0.25, 0.3) is 0 Å². The Morgan fingerprint density at radius 3 is 2.67 bits per heavy atom. The predicted octanol–water partition coefficient (Wildman–Crippen LogP) is -0.575. The van der Waals surface area contributed by atoms with Crippen LogP contribution in [0.5, 0.6) is 0 Å². The number of hydrogen-bond donors (Lipinski definition) is 3. The molecule has 1 aliphatic heterocycles. The van der Waals surface area contributed by atoms with Crippen molar-refractivity contribution in [2.24, 2.45) is 0 Å². The second-order valence-electron chi connectivity index (χ2n) is 3.96. The zero-order chi connectivity index (χ0) is 10.9. The first-order valence-electron chi connectivity index (χ1n) is 5.01. The van der Waals surface area contributed by atoms with Crippen LogP contribution in [0, 0.1) is 0 Å². The van der Waals surface area contributed by atoms with Crippen molar-refractivity contribution in [3.05, 3.63) is 0 Å². The van der Waals surface area contributed by atoms with Crippen LogP contribution in [0.3, 0.4) is 0 Å². The van der Waals surface area contributed by atoms with Crippen LogP contribution in [0.2, 0.25) is 0 Å². The topological polar surface area (TPSA) is 78.4 Å². The van der Waals surface area contributed by atoms with Crippen LogP contribution in [0.4, 0.5) is 0 Å². The van der Waals surface area contributed by atoms with Crippen LogP contribution >= 0.6 is 11.8 Å². The monoisotopic (exact) mass is 230 g/mol. The van der Waals surface area contributed by atoms with E-state index in [4.69, 9.17) is 5.11 Å². The Morgan fingerprint density at radius 1 is 1.47 bits per heavy atom. The van der Waals surface area contributed by atoms with Crippen molar-refractivity contribution < 1.29 is 14.7 Å². The van der Waals surface area contributed by atoms with E-state index in [0.717, 1.165) is 18.1 Å². The Hall–Kier alpha value is -0.750. The van der Waals surface area contributed by atoms with Crippen LogP contribution in [0.1, 0.15) is 12.8 Å². The standard InChI is InChI=1S/C9H14N2O3S/c12-7(6-5-15-4-3-10-6)11-9(1-2-9)8(13)14/h6,10H,1-5H2,(H,11,12)(H,13,14). The van der Waals surface area contributed by atoms with Gasteiger partial charge >= 0.3 is 5.97 Å². The maximum Gasteiger partial charge on any atom is 0.329 e. The molecule has 2 aliphatic rings. The Morgan fingerprint density at radius 2 is 2.20 bits per heavy atom. The highest BCUT2D eigenvalue weighted by atomic mass is 32.2. The minimum atomic E-state index is -0.957. The third-order valence-electron chi connectivity index (χ3n) is 2.76. The fourth-order valence-electron chi connectivity index (χ4n) is 1.57. The zero-order valence-corrected chi connectivity index (χ0v) is 9.10. The number of carbonyl (C=O) groups is 2. The van der Waals surface area contributed by atoms with E-state index in [9.17, 15) is 9.59 Å². The van der Waals surface area contributed by atoms with E-state index in [1.807, 2.05) is 0 Å². The van der Waals surface area contributed by atoms with Crippen molar-refractivity contribution in [1.29, 1.82) is 0 Å². The van der Waals surface area contributed by atoms with E-state index >= 15 is 0 Å². The molecule has 15 heavy (non-hydrogen) atoms. The SMILES string of the molecule is O=C(NC1(C(=O)O)CC1)C1CSCCN1. The van der Waals surface area contributed by atoms with Gasteiger partial charge in [0.2, 0.25) is 5.91 Å². The van der Waals surface area contributed by atoms with Crippen LogP contribution in [-0.4, -0.2) is 46.6 Å². The number of carboxylic acids is 1. The summed E-state index contributed by atoms with van der Waals surface area (Å²) in [4.78, 5) is 22.6.